The van der Waals surface area contributed by atoms with Crippen molar-refractivity contribution in [3.63, 3.8) is 0 Å². The van der Waals surface area contributed by atoms with Crippen LogP contribution in [0.4, 0.5) is 8.78 Å². The molecule has 0 spiro atoms. The summed E-state index contributed by atoms with van der Waals surface area (Å²) < 4.78 is 28.2. The topological polar surface area (TPSA) is 12.0 Å². The minimum Gasteiger partial charge on any atom is -0.313 e. The lowest BCUT2D eigenvalue weighted by molar-refractivity contribution is 0.389. The molecule has 1 N–H and O–H groups in total. The third-order valence-corrected chi connectivity index (χ3v) is 4.43. The predicted octanol–water partition coefficient (Wildman–Crippen LogP) is 4.57. The summed E-state index contributed by atoms with van der Waals surface area (Å²) in [4.78, 5) is 0. The van der Waals surface area contributed by atoms with Crippen molar-refractivity contribution in [2.24, 2.45) is 5.92 Å². The molecule has 2 rings (SSSR count). The van der Waals surface area contributed by atoms with Crippen molar-refractivity contribution < 1.29 is 8.78 Å². The van der Waals surface area contributed by atoms with Crippen LogP contribution in [0, 0.1) is 17.6 Å². The molecule has 0 saturated heterocycles. The lowest BCUT2D eigenvalue weighted by Crippen LogP contribution is -2.21. The zero-order valence-corrected chi connectivity index (χ0v) is 12.1. The molecule has 1 atom stereocenters. The lowest BCUT2D eigenvalue weighted by Gasteiger charge is -2.22. The van der Waals surface area contributed by atoms with Gasteiger partial charge in [0.2, 0.25) is 0 Å². The summed E-state index contributed by atoms with van der Waals surface area (Å²) in [6, 6.07) is 2.49. The summed E-state index contributed by atoms with van der Waals surface area (Å²) in [5.41, 5.74) is 0.166. The van der Waals surface area contributed by atoms with Gasteiger partial charge in [-0.2, -0.15) is 0 Å². The van der Waals surface area contributed by atoms with E-state index in [0.29, 0.717) is 10.4 Å². The van der Waals surface area contributed by atoms with Crippen LogP contribution in [0.25, 0.3) is 0 Å². The SMILES string of the molecule is CNC(CC1CCCC1)c1c(F)ccc(Br)c1F. The van der Waals surface area contributed by atoms with E-state index in [1.807, 2.05) is 0 Å². The Morgan fingerprint density at radius 2 is 2.00 bits per heavy atom. The standard InChI is InChI=1S/C14H18BrF2N/c1-18-12(8-9-4-2-3-5-9)13-11(16)7-6-10(15)14(13)17/h6-7,9,12,18H,2-5,8H2,1H3. The van der Waals surface area contributed by atoms with Crippen molar-refractivity contribution >= 4 is 15.9 Å². The molecule has 0 aliphatic heterocycles. The Labute approximate surface area is 115 Å². The first kappa shape index (κ1) is 13.9. The van der Waals surface area contributed by atoms with Gasteiger partial charge >= 0.3 is 0 Å². The maximum absolute atomic E-state index is 14.0. The third kappa shape index (κ3) is 2.91. The van der Waals surface area contributed by atoms with Gasteiger partial charge in [0.1, 0.15) is 11.6 Å². The molecule has 1 aromatic rings. The van der Waals surface area contributed by atoms with Crippen LogP contribution in [-0.2, 0) is 0 Å². The van der Waals surface area contributed by atoms with E-state index in [1.54, 1.807) is 7.05 Å². The Balaban J connectivity index is 2.23. The predicted molar refractivity (Wildman–Crippen MR) is 72.4 cm³/mol. The first-order valence-corrected chi connectivity index (χ1v) is 7.23. The van der Waals surface area contributed by atoms with Gasteiger partial charge in [0, 0.05) is 11.6 Å². The molecule has 0 bridgehead atoms. The zero-order chi connectivity index (χ0) is 13.1. The maximum Gasteiger partial charge on any atom is 0.145 e. The highest BCUT2D eigenvalue weighted by Gasteiger charge is 2.25. The van der Waals surface area contributed by atoms with Crippen LogP contribution in [0.3, 0.4) is 0 Å². The van der Waals surface area contributed by atoms with Gasteiger partial charge in [0.15, 0.2) is 0 Å². The molecule has 0 radical (unpaired) electrons. The molecule has 100 valence electrons. The first-order chi connectivity index (χ1) is 8.63. The van der Waals surface area contributed by atoms with E-state index in [0.717, 1.165) is 6.42 Å². The van der Waals surface area contributed by atoms with Crippen LogP contribution < -0.4 is 5.32 Å². The van der Waals surface area contributed by atoms with Crippen LogP contribution in [0.1, 0.15) is 43.7 Å². The number of rotatable bonds is 4. The van der Waals surface area contributed by atoms with Gasteiger partial charge in [-0.25, -0.2) is 8.78 Å². The molecular formula is C14H18BrF2N. The number of nitrogens with one attached hydrogen (secondary N) is 1. The number of hydrogen-bond donors (Lipinski definition) is 1. The average Bonchev–Trinajstić information content (AvgIpc) is 2.86. The average molecular weight is 318 g/mol. The monoisotopic (exact) mass is 317 g/mol. The normalized spacial score (nSPS) is 18.2. The number of benzene rings is 1. The molecule has 1 nitrogen and oxygen atoms in total. The maximum atomic E-state index is 14.0. The molecule has 1 fully saturated rings. The zero-order valence-electron chi connectivity index (χ0n) is 10.5. The minimum atomic E-state index is -0.479. The fourth-order valence-electron chi connectivity index (χ4n) is 2.82. The van der Waals surface area contributed by atoms with Crippen LogP contribution in [0.2, 0.25) is 0 Å². The van der Waals surface area contributed by atoms with Crippen molar-refractivity contribution in [1.82, 2.24) is 5.32 Å². The Kier molecular flexibility index (Phi) is 4.73. The highest BCUT2D eigenvalue weighted by atomic mass is 79.9. The van der Waals surface area contributed by atoms with Crippen LogP contribution in [-0.4, -0.2) is 7.05 Å². The second-order valence-corrected chi connectivity index (χ2v) is 5.84. The summed E-state index contributed by atoms with van der Waals surface area (Å²) >= 11 is 3.12. The Bertz CT molecular complexity index is 417. The highest BCUT2D eigenvalue weighted by molar-refractivity contribution is 9.10. The lowest BCUT2D eigenvalue weighted by atomic mass is 9.93. The number of hydrogen-bond acceptors (Lipinski definition) is 1. The Hall–Kier alpha value is -0.480. The molecule has 1 saturated carbocycles. The van der Waals surface area contributed by atoms with Crippen molar-refractivity contribution in [3.05, 3.63) is 33.8 Å². The Morgan fingerprint density at radius 3 is 2.61 bits per heavy atom. The van der Waals surface area contributed by atoms with Crippen molar-refractivity contribution in [2.45, 2.75) is 38.1 Å². The summed E-state index contributed by atoms with van der Waals surface area (Å²) in [6.45, 7) is 0. The smallest absolute Gasteiger partial charge is 0.145 e. The van der Waals surface area contributed by atoms with Crippen molar-refractivity contribution in [3.8, 4) is 0 Å². The summed E-state index contributed by atoms with van der Waals surface area (Å²) in [7, 11) is 1.76. The van der Waals surface area contributed by atoms with E-state index in [2.05, 4.69) is 21.2 Å². The van der Waals surface area contributed by atoms with Gasteiger partial charge in [-0.3, -0.25) is 0 Å². The number of halogens is 3. The van der Waals surface area contributed by atoms with Crippen LogP contribution in [0.5, 0.6) is 0 Å². The van der Waals surface area contributed by atoms with E-state index < -0.39 is 11.6 Å². The van der Waals surface area contributed by atoms with Gasteiger partial charge in [0.05, 0.1) is 4.47 Å². The van der Waals surface area contributed by atoms with Gasteiger partial charge in [-0.15, -0.1) is 0 Å². The van der Waals surface area contributed by atoms with E-state index in [4.69, 9.17) is 0 Å². The van der Waals surface area contributed by atoms with Crippen LogP contribution >= 0.6 is 15.9 Å². The first-order valence-electron chi connectivity index (χ1n) is 6.44. The second kappa shape index (κ2) is 6.11. The van der Waals surface area contributed by atoms with E-state index >= 15 is 0 Å². The molecular weight excluding hydrogens is 300 g/mol. The summed E-state index contributed by atoms with van der Waals surface area (Å²) in [6.07, 6.45) is 5.64. The van der Waals surface area contributed by atoms with Crippen LogP contribution in [0.15, 0.2) is 16.6 Å². The minimum absolute atomic E-state index is 0.166. The fraction of sp³-hybridized carbons (Fsp3) is 0.571. The quantitative estimate of drug-likeness (QED) is 0.802. The third-order valence-electron chi connectivity index (χ3n) is 3.82. The molecule has 0 amide bonds. The fourth-order valence-corrected chi connectivity index (χ4v) is 3.17. The van der Waals surface area contributed by atoms with E-state index in [-0.39, 0.29) is 11.6 Å². The molecule has 1 aromatic carbocycles. The van der Waals surface area contributed by atoms with Gasteiger partial charge in [-0.05, 0) is 47.4 Å². The van der Waals surface area contributed by atoms with Crippen molar-refractivity contribution in [2.75, 3.05) is 7.05 Å². The second-order valence-electron chi connectivity index (χ2n) is 4.98. The summed E-state index contributed by atoms with van der Waals surface area (Å²) in [5, 5.41) is 3.05. The van der Waals surface area contributed by atoms with Gasteiger partial charge < -0.3 is 5.32 Å². The molecule has 1 aliphatic rings. The largest absolute Gasteiger partial charge is 0.313 e. The van der Waals surface area contributed by atoms with Crippen molar-refractivity contribution in [1.29, 1.82) is 0 Å². The van der Waals surface area contributed by atoms with E-state index in [1.165, 1.54) is 37.8 Å². The highest BCUT2D eigenvalue weighted by Crippen LogP contribution is 2.35. The van der Waals surface area contributed by atoms with Gasteiger partial charge in [-0.1, -0.05) is 25.7 Å². The van der Waals surface area contributed by atoms with E-state index in [9.17, 15) is 8.78 Å². The molecule has 1 aliphatic carbocycles. The molecule has 0 aromatic heterocycles. The Morgan fingerprint density at radius 1 is 1.33 bits per heavy atom. The molecule has 4 heteroatoms. The summed E-state index contributed by atoms with van der Waals surface area (Å²) in [5.74, 6) is -0.361. The van der Waals surface area contributed by atoms with Gasteiger partial charge in [0.25, 0.3) is 0 Å². The molecule has 1 unspecified atom stereocenters. The molecule has 0 heterocycles. The molecule has 18 heavy (non-hydrogen) atoms.